The largest absolute Gasteiger partial charge is 0.459 e. The van der Waals surface area contributed by atoms with Gasteiger partial charge in [0.15, 0.2) is 6.04 Å². The Kier molecular flexibility index (Phi) is 15.3. The van der Waals surface area contributed by atoms with E-state index in [4.69, 9.17) is 18.9 Å². The SMILES string of the molecule is O=C(NC(=NCCCC1C(=O)N(C(=O)N2CCN(C(=O)OC3CCCCC3)CC2)C1C(=O)OCc1ccccc1)NC(=O)OCc1ccccc1)OCc1ccccc1. The number of amides is 6. The summed E-state index contributed by atoms with van der Waals surface area (Å²) in [5.41, 5.74) is 2.24. The van der Waals surface area contributed by atoms with Crippen molar-refractivity contribution in [1.29, 1.82) is 0 Å². The van der Waals surface area contributed by atoms with E-state index in [-0.39, 0.29) is 77.4 Å². The third kappa shape index (κ3) is 12.3. The highest BCUT2D eigenvalue weighted by Crippen LogP contribution is 2.33. The Bertz CT molecular complexity index is 1860. The van der Waals surface area contributed by atoms with Gasteiger partial charge in [0.1, 0.15) is 25.9 Å². The maximum absolute atomic E-state index is 13.8. The van der Waals surface area contributed by atoms with Gasteiger partial charge in [-0.25, -0.2) is 28.9 Å². The number of benzene rings is 3. The highest BCUT2D eigenvalue weighted by Gasteiger charge is 2.56. The van der Waals surface area contributed by atoms with Crippen LogP contribution >= 0.6 is 0 Å². The maximum Gasteiger partial charge on any atom is 0.414 e. The predicted octanol–water partition coefficient (Wildman–Crippen LogP) is 5.75. The van der Waals surface area contributed by atoms with E-state index in [2.05, 4.69) is 15.6 Å². The molecule has 0 spiro atoms. The fourth-order valence-corrected chi connectivity index (χ4v) is 7.08. The molecule has 0 aromatic heterocycles. The molecule has 2 aliphatic heterocycles. The average molecular weight is 811 g/mol. The second-order valence-corrected chi connectivity index (χ2v) is 14.5. The van der Waals surface area contributed by atoms with Crippen LogP contribution in [-0.4, -0.2) is 102 Å². The summed E-state index contributed by atoms with van der Waals surface area (Å²) in [6.45, 7) is 0.698. The molecule has 2 saturated heterocycles. The van der Waals surface area contributed by atoms with Crippen molar-refractivity contribution in [2.75, 3.05) is 32.7 Å². The number of carbonyl (C=O) groups is 6. The number of imide groups is 1. The Morgan fingerprint density at radius 1 is 0.644 bits per heavy atom. The number of esters is 1. The Balaban J connectivity index is 1.06. The summed E-state index contributed by atoms with van der Waals surface area (Å²) in [5, 5.41) is 4.87. The zero-order valence-electron chi connectivity index (χ0n) is 32.9. The van der Waals surface area contributed by atoms with Crippen molar-refractivity contribution >= 4 is 42.1 Å². The van der Waals surface area contributed by atoms with E-state index in [1.54, 1.807) is 41.3 Å². The molecule has 3 aliphatic rings. The van der Waals surface area contributed by atoms with Gasteiger partial charge in [-0.2, -0.15) is 0 Å². The number of alkyl carbamates (subject to hydrolysis) is 2. The van der Waals surface area contributed by atoms with Crippen LogP contribution in [0.25, 0.3) is 0 Å². The van der Waals surface area contributed by atoms with E-state index < -0.39 is 48.1 Å². The van der Waals surface area contributed by atoms with Gasteiger partial charge in [0.25, 0.3) is 0 Å². The molecular weight excluding hydrogens is 761 g/mol. The van der Waals surface area contributed by atoms with Crippen LogP contribution < -0.4 is 10.6 Å². The molecule has 0 bridgehead atoms. The first-order valence-corrected chi connectivity index (χ1v) is 20.0. The fraction of sp³-hybridized carbons (Fsp3) is 0.419. The molecule has 312 valence electrons. The number of nitrogens with zero attached hydrogens (tertiary/aromatic N) is 4. The van der Waals surface area contributed by atoms with E-state index in [9.17, 15) is 28.8 Å². The number of guanidine groups is 1. The molecule has 3 aromatic rings. The Hall–Kier alpha value is -6.45. The highest BCUT2D eigenvalue weighted by atomic mass is 16.6. The number of carbonyl (C=O) groups excluding carboxylic acids is 6. The number of nitrogens with one attached hydrogen (secondary N) is 2. The van der Waals surface area contributed by atoms with Crippen molar-refractivity contribution in [3.05, 3.63) is 108 Å². The molecule has 1 saturated carbocycles. The average Bonchev–Trinajstić information content (AvgIpc) is 3.27. The van der Waals surface area contributed by atoms with E-state index in [0.29, 0.717) is 0 Å². The van der Waals surface area contributed by atoms with Crippen LogP contribution in [0.3, 0.4) is 0 Å². The first-order valence-electron chi connectivity index (χ1n) is 20.0. The second-order valence-electron chi connectivity index (χ2n) is 14.5. The topological polar surface area (TPSA) is 185 Å². The van der Waals surface area contributed by atoms with Crippen LogP contribution in [0.1, 0.15) is 61.6 Å². The molecular formula is C43H50N6O10. The highest BCUT2D eigenvalue weighted by molar-refractivity contribution is 6.08. The van der Waals surface area contributed by atoms with Gasteiger partial charge in [-0.15, -0.1) is 0 Å². The molecule has 3 aromatic carbocycles. The van der Waals surface area contributed by atoms with Crippen molar-refractivity contribution in [2.45, 2.75) is 76.9 Å². The van der Waals surface area contributed by atoms with E-state index in [1.165, 1.54) is 4.90 Å². The molecule has 2 atom stereocenters. The van der Waals surface area contributed by atoms with E-state index in [1.807, 2.05) is 54.6 Å². The van der Waals surface area contributed by atoms with Crippen molar-refractivity contribution < 1.29 is 47.7 Å². The summed E-state index contributed by atoms with van der Waals surface area (Å²) in [6.07, 6.45) is 3.01. The van der Waals surface area contributed by atoms with Gasteiger partial charge < -0.3 is 28.7 Å². The van der Waals surface area contributed by atoms with Crippen LogP contribution in [-0.2, 0) is 48.4 Å². The van der Waals surface area contributed by atoms with Crippen LogP contribution in [0.4, 0.5) is 19.2 Å². The van der Waals surface area contributed by atoms with Gasteiger partial charge >= 0.3 is 30.3 Å². The lowest BCUT2D eigenvalue weighted by atomic mass is 9.83. The zero-order valence-corrected chi connectivity index (χ0v) is 32.9. The number of likely N-dealkylation sites (tertiary alicyclic amines) is 1. The quantitative estimate of drug-likeness (QED) is 0.0570. The lowest BCUT2D eigenvalue weighted by molar-refractivity contribution is -0.171. The zero-order chi connectivity index (χ0) is 41.4. The minimum atomic E-state index is -1.19. The number of hydrogen-bond donors (Lipinski definition) is 2. The number of ether oxygens (including phenoxy) is 4. The molecule has 1 aliphatic carbocycles. The standard InChI is InChI=1S/C43H50N6O10/c50-37-35(22-13-23-44-39(45-40(52)57-29-32-16-7-2-8-17-32)46-41(53)58-30-33-18-9-3-10-19-33)36(38(51)56-28-31-14-5-1-6-15-31)49(37)42(54)47-24-26-48(27-25-47)43(55)59-34-20-11-4-12-21-34/h1-3,5-10,14-19,34-36H,4,11-13,20-30H2,(H2,44,45,46,52,53). The predicted molar refractivity (Wildman–Crippen MR) is 213 cm³/mol. The van der Waals surface area contributed by atoms with E-state index >= 15 is 0 Å². The monoisotopic (exact) mass is 810 g/mol. The summed E-state index contributed by atoms with van der Waals surface area (Å²) in [4.78, 5) is 87.5. The summed E-state index contributed by atoms with van der Waals surface area (Å²) < 4.78 is 21.9. The number of rotatable bonds is 12. The Morgan fingerprint density at radius 2 is 1.14 bits per heavy atom. The number of aliphatic imine (C=N–C) groups is 1. The molecule has 0 radical (unpaired) electrons. The van der Waals surface area contributed by atoms with Gasteiger partial charge in [-0.3, -0.25) is 20.4 Å². The minimum Gasteiger partial charge on any atom is -0.459 e. The maximum atomic E-state index is 13.8. The van der Waals surface area contributed by atoms with Crippen molar-refractivity contribution in [3.8, 4) is 0 Å². The molecule has 2 heterocycles. The van der Waals surface area contributed by atoms with Gasteiger partial charge in [-0.1, -0.05) is 97.4 Å². The molecule has 6 rings (SSSR count). The number of piperazine rings is 1. The Morgan fingerprint density at radius 3 is 1.66 bits per heavy atom. The van der Waals surface area contributed by atoms with Crippen LogP contribution in [0.2, 0.25) is 0 Å². The van der Waals surface area contributed by atoms with E-state index in [0.717, 1.165) is 53.7 Å². The fourth-order valence-electron chi connectivity index (χ4n) is 7.08. The summed E-state index contributed by atoms with van der Waals surface area (Å²) in [6, 6.07) is 25.3. The lowest BCUT2D eigenvalue weighted by Crippen LogP contribution is -2.69. The number of hydrogen-bond acceptors (Lipinski definition) is 11. The van der Waals surface area contributed by atoms with Gasteiger partial charge in [-0.05, 0) is 55.2 Å². The molecule has 3 fully saturated rings. The summed E-state index contributed by atoms with van der Waals surface area (Å²) >= 11 is 0. The van der Waals surface area contributed by atoms with Crippen LogP contribution in [0.5, 0.6) is 0 Å². The Labute approximate surface area is 342 Å². The van der Waals surface area contributed by atoms with Crippen molar-refractivity contribution in [1.82, 2.24) is 25.3 Å². The van der Waals surface area contributed by atoms with Gasteiger partial charge in [0, 0.05) is 32.7 Å². The second kappa shape index (κ2) is 21.3. The minimum absolute atomic E-state index is 0.00961. The summed E-state index contributed by atoms with van der Waals surface area (Å²) in [7, 11) is 0. The molecule has 59 heavy (non-hydrogen) atoms. The lowest BCUT2D eigenvalue weighted by Gasteiger charge is -2.46. The first-order chi connectivity index (χ1) is 28.7. The first kappa shape index (κ1) is 42.2. The third-order valence-corrected chi connectivity index (χ3v) is 10.3. The number of urea groups is 1. The van der Waals surface area contributed by atoms with Crippen LogP contribution in [0.15, 0.2) is 96.0 Å². The molecule has 2 unspecified atom stereocenters. The molecule has 16 heteroatoms. The normalized spacial score (nSPS) is 17.8. The third-order valence-electron chi connectivity index (χ3n) is 10.3. The van der Waals surface area contributed by atoms with Gasteiger partial charge in [0.2, 0.25) is 11.9 Å². The number of β-lactam (4-membered cyclic amide) rings is 1. The van der Waals surface area contributed by atoms with Crippen molar-refractivity contribution in [2.24, 2.45) is 10.9 Å². The van der Waals surface area contributed by atoms with Gasteiger partial charge in [0.05, 0.1) is 5.92 Å². The molecule has 2 N–H and O–H groups in total. The summed E-state index contributed by atoms with van der Waals surface area (Å²) in [5.74, 6) is -2.39. The molecule has 6 amide bonds. The van der Waals surface area contributed by atoms with Crippen molar-refractivity contribution in [3.63, 3.8) is 0 Å². The molecule has 16 nitrogen and oxygen atoms in total. The smallest absolute Gasteiger partial charge is 0.414 e. The van der Waals surface area contributed by atoms with Crippen LogP contribution in [0, 0.1) is 5.92 Å².